The molecular formula is C14H21NO. The van der Waals surface area contributed by atoms with Crippen molar-refractivity contribution in [1.82, 2.24) is 5.32 Å². The van der Waals surface area contributed by atoms with Crippen LogP contribution in [0.2, 0.25) is 0 Å². The van der Waals surface area contributed by atoms with Gasteiger partial charge in [-0.1, -0.05) is 30.3 Å². The smallest absolute Gasteiger partial charge is 0.0570 e. The van der Waals surface area contributed by atoms with Gasteiger partial charge in [0.05, 0.1) is 6.10 Å². The molecule has 1 fully saturated rings. The van der Waals surface area contributed by atoms with Crippen LogP contribution in [0.15, 0.2) is 30.3 Å². The maximum absolute atomic E-state index is 9.20. The number of rotatable bonds is 5. The highest BCUT2D eigenvalue weighted by molar-refractivity contribution is 5.14. The molecule has 2 rings (SSSR count). The first-order chi connectivity index (χ1) is 7.74. The third kappa shape index (κ3) is 3.32. The van der Waals surface area contributed by atoms with E-state index < -0.39 is 0 Å². The van der Waals surface area contributed by atoms with Crippen molar-refractivity contribution in [3.8, 4) is 0 Å². The van der Waals surface area contributed by atoms with Gasteiger partial charge in [0, 0.05) is 12.1 Å². The fraction of sp³-hybridized carbons (Fsp3) is 0.571. The highest BCUT2D eigenvalue weighted by Gasteiger charge is 2.27. The van der Waals surface area contributed by atoms with Gasteiger partial charge in [-0.15, -0.1) is 0 Å². The lowest BCUT2D eigenvalue weighted by Gasteiger charge is -2.34. The number of aryl methyl sites for hydroxylation is 1. The monoisotopic (exact) mass is 219 g/mol. The molecule has 1 aliphatic carbocycles. The molecule has 2 heteroatoms. The summed E-state index contributed by atoms with van der Waals surface area (Å²) >= 11 is 0. The lowest BCUT2D eigenvalue weighted by atomic mass is 9.88. The molecule has 0 bridgehead atoms. The zero-order valence-corrected chi connectivity index (χ0v) is 9.89. The quantitative estimate of drug-likeness (QED) is 0.795. The van der Waals surface area contributed by atoms with Crippen LogP contribution < -0.4 is 5.32 Å². The van der Waals surface area contributed by atoms with Crippen LogP contribution in [-0.4, -0.2) is 23.3 Å². The first-order valence-corrected chi connectivity index (χ1v) is 6.22. The van der Waals surface area contributed by atoms with Gasteiger partial charge in [-0.05, 0) is 38.2 Å². The maximum atomic E-state index is 9.20. The summed E-state index contributed by atoms with van der Waals surface area (Å²) in [5, 5.41) is 12.8. The molecule has 0 amide bonds. The molecule has 1 aliphatic rings. The predicted molar refractivity (Wildman–Crippen MR) is 66.4 cm³/mol. The van der Waals surface area contributed by atoms with E-state index in [4.69, 9.17) is 0 Å². The van der Waals surface area contributed by atoms with Gasteiger partial charge in [0.15, 0.2) is 0 Å². The molecule has 2 N–H and O–H groups in total. The molecule has 0 saturated heterocycles. The Labute approximate surface area is 97.7 Å². The van der Waals surface area contributed by atoms with Crippen molar-refractivity contribution >= 4 is 0 Å². The van der Waals surface area contributed by atoms with E-state index in [1.807, 2.05) is 0 Å². The average molecular weight is 219 g/mol. The number of hydrogen-bond donors (Lipinski definition) is 2. The fourth-order valence-electron chi connectivity index (χ4n) is 2.24. The van der Waals surface area contributed by atoms with E-state index in [1.54, 1.807) is 0 Å². The van der Waals surface area contributed by atoms with Gasteiger partial charge in [-0.3, -0.25) is 0 Å². The molecule has 88 valence electrons. The molecule has 0 radical (unpaired) electrons. The van der Waals surface area contributed by atoms with Crippen LogP contribution in [0.25, 0.3) is 0 Å². The Kier molecular flexibility index (Phi) is 3.97. The lowest BCUT2D eigenvalue weighted by molar-refractivity contribution is 0.0582. The SMILES string of the molecule is CC(CCc1ccccc1)NC1CC(O)C1. The van der Waals surface area contributed by atoms with Gasteiger partial charge in [-0.25, -0.2) is 0 Å². The molecule has 16 heavy (non-hydrogen) atoms. The number of hydrogen-bond acceptors (Lipinski definition) is 2. The van der Waals surface area contributed by atoms with Gasteiger partial charge >= 0.3 is 0 Å². The van der Waals surface area contributed by atoms with Crippen molar-refractivity contribution in [2.75, 3.05) is 0 Å². The lowest BCUT2D eigenvalue weighted by Crippen LogP contribution is -2.47. The molecule has 1 saturated carbocycles. The minimum atomic E-state index is -0.0566. The summed E-state index contributed by atoms with van der Waals surface area (Å²) in [6.07, 6.45) is 4.09. The zero-order valence-electron chi connectivity index (χ0n) is 9.89. The van der Waals surface area contributed by atoms with Crippen molar-refractivity contribution in [3.05, 3.63) is 35.9 Å². The second kappa shape index (κ2) is 5.46. The minimum Gasteiger partial charge on any atom is -0.393 e. The number of aliphatic hydroxyl groups excluding tert-OH is 1. The van der Waals surface area contributed by atoms with Gasteiger partial charge in [0.25, 0.3) is 0 Å². The standard InChI is InChI=1S/C14H21NO/c1-11(15-13-9-14(16)10-13)7-8-12-5-3-2-4-6-12/h2-6,11,13-16H,7-10H2,1H3. The van der Waals surface area contributed by atoms with Gasteiger partial charge < -0.3 is 10.4 Å². The third-order valence-electron chi connectivity index (χ3n) is 3.34. The Morgan fingerprint density at radius 1 is 1.31 bits per heavy atom. The Bertz CT molecular complexity index is 306. The molecule has 0 aromatic heterocycles. The molecule has 0 heterocycles. The van der Waals surface area contributed by atoms with Crippen molar-refractivity contribution < 1.29 is 5.11 Å². The predicted octanol–water partition coefficient (Wildman–Crippen LogP) is 2.12. The summed E-state index contributed by atoms with van der Waals surface area (Å²) in [5.41, 5.74) is 1.41. The van der Waals surface area contributed by atoms with E-state index in [2.05, 4.69) is 42.6 Å². The highest BCUT2D eigenvalue weighted by Crippen LogP contribution is 2.20. The third-order valence-corrected chi connectivity index (χ3v) is 3.34. The summed E-state index contributed by atoms with van der Waals surface area (Å²) in [5.74, 6) is 0. The van der Waals surface area contributed by atoms with E-state index in [0.717, 1.165) is 25.7 Å². The number of nitrogens with one attached hydrogen (secondary N) is 1. The summed E-state index contributed by atoms with van der Waals surface area (Å²) in [6, 6.07) is 11.7. The van der Waals surface area contributed by atoms with E-state index in [0.29, 0.717) is 12.1 Å². The first-order valence-electron chi connectivity index (χ1n) is 6.22. The maximum Gasteiger partial charge on any atom is 0.0570 e. The normalized spacial score (nSPS) is 26.1. The van der Waals surface area contributed by atoms with Crippen molar-refractivity contribution in [1.29, 1.82) is 0 Å². The largest absolute Gasteiger partial charge is 0.393 e. The summed E-state index contributed by atoms with van der Waals surface area (Å²) in [6.45, 7) is 2.23. The van der Waals surface area contributed by atoms with Crippen molar-refractivity contribution in [2.24, 2.45) is 0 Å². The Balaban J connectivity index is 1.66. The van der Waals surface area contributed by atoms with Crippen molar-refractivity contribution in [3.63, 3.8) is 0 Å². The molecule has 1 atom stereocenters. The number of benzene rings is 1. The zero-order chi connectivity index (χ0) is 11.4. The minimum absolute atomic E-state index is 0.0566. The molecular weight excluding hydrogens is 198 g/mol. The van der Waals surface area contributed by atoms with Crippen LogP contribution in [0.4, 0.5) is 0 Å². The van der Waals surface area contributed by atoms with Gasteiger partial charge in [-0.2, -0.15) is 0 Å². The van der Waals surface area contributed by atoms with E-state index in [-0.39, 0.29) is 6.10 Å². The van der Waals surface area contributed by atoms with E-state index in [1.165, 1.54) is 5.56 Å². The van der Waals surface area contributed by atoms with Crippen LogP contribution in [-0.2, 0) is 6.42 Å². The molecule has 2 nitrogen and oxygen atoms in total. The van der Waals surface area contributed by atoms with Crippen LogP contribution in [0.3, 0.4) is 0 Å². The number of aliphatic hydroxyl groups is 1. The summed E-state index contributed by atoms with van der Waals surface area (Å²) < 4.78 is 0. The first kappa shape index (κ1) is 11.6. The Morgan fingerprint density at radius 2 is 2.00 bits per heavy atom. The highest BCUT2D eigenvalue weighted by atomic mass is 16.3. The molecule has 1 aromatic rings. The average Bonchev–Trinajstić information content (AvgIpc) is 2.26. The second-order valence-electron chi connectivity index (χ2n) is 4.91. The van der Waals surface area contributed by atoms with Crippen LogP contribution in [0.5, 0.6) is 0 Å². The van der Waals surface area contributed by atoms with E-state index in [9.17, 15) is 5.11 Å². The fourth-order valence-corrected chi connectivity index (χ4v) is 2.24. The topological polar surface area (TPSA) is 32.3 Å². The van der Waals surface area contributed by atoms with Gasteiger partial charge in [0.1, 0.15) is 0 Å². The van der Waals surface area contributed by atoms with Crippen molar-refractivity contribution in [2.45, 2.75) is 50.8 Å². The molecule has 1 unspecified atom stereocenters. The van der Waals surface area contributed by atoms with Crippen LogP contribution >= 0.6 is 0 Å². The summed E-state index contributed by atoms with van der Waals surface area (Å²) in [7, 11) is 0. The molecule has 1 aromatic carbocycles. The molecule has 0 spiro atoms. The van der Waals surface area contributed by atoms with Gasteiger partial charge in [0.2, 0.25) is 0 Å². The van der Waals surface area contributed by atoms with E-state index >= 15 is 0 Å². The molecule has 0 aliphatic heterocycles. The van der Waals surface area contributed by atoms with Crippen LogP contribution in [0.1, 0.15) is 31.7 Å². The second-order valence-corrected chi connectivity index (χ2v) is 4.91. The van der Waals surface area contributed by atoms with Crippen LogP contribution in [0, 0.1) is 0 Å². The summed E-state index contributed by atoms with van der Waals surface area (Å²) in [4.78, 5) is 0. The Hall–Kier alpha value is -0.860. The Morgan fingerprint density at radius 3 is 2.62 bits per heavy atom.